The van der Waals surface area contributed by atoms with Gasteiger partial charge in [-0.3, -0.25) is 19.3 Å². The van der Waals surface area contributed by atoms with E-state index in [9.17, 15) is 19.2 Å². The maximum absolute atomic E-state index is 12.6. The molecule has 24 heavy (non-hydrogen) atoms. The number of amides is 4. The van der Waals surface area contributed by atoms with Gasteiger partial charge in [0.15, 0.2) is 0 Å². The highest BCUT2D eigenvalue weighted by Crippen LogP contribution is 2.42. The molecule has 2 heterocycles. The number of carboxylic acid groups (broad SMARTS) is 1. The highest BCUT2D eigenvalue weighted by Gasteiger charge is 2.56. The molecule has 4 amide bonds. The summed E-state index contributed by atoms with van der Waals surface area (Å²) in [6.07, 6.45) is 2.92. The molecule has 2 aliphatic heterocycles. The molecule has 2 saturated heterocycles. The van der Waals surface area contributed by atoms with Crippen LogP contribution in [0.2, 0.25) is 0 Å². The average molecular weight is 337 g/mol. The van der Waals surface area contributed by atoms with Crippen LogP contribution in [0.4, 0.5) is 4.79 Å². The number of likely N-dealkylation sites (tertiary alicyclic amines) is 1. The molecule has 0 spiro atoms. The fourth-order valence-electron chi connectivity index (χ4n) is 3.68. The van der Waals surface area contributed by atoms with Crippen molar-refractivity contribution in [1.82, 2.24) is 15.1 Å². The lowest BCUT2D eigenvalue weighted by Crippen LogP contribution is -2.52. The molecular weight excluding hydrogens is 314 g/mol. The van der Waals surface area contributed by atoms with Gasteiger partial charge in [0.05, 0.1) is 5.92 Å². The first-order valence-corrected chi connectivity index (χ1v) is 8.40. The number of carbonyl (C=O) groups is 4. The highest BCUT2D eigenvalue weighted by molar-refractivity contribution is 6.09. The van der Waals surface area contributed by atoms with Crippen molar-refractivity contribution < 1.29 is 24.3 Å². The number of nitrogens with one attached hydrogen (secondary N) is 1. The van der Waals surface area contributed by atoms with Crippen LogP contribution in [0, 0.1) is 11.8 Å². The van der Waals surface area contributed by atoms with Crippen molar-refractivity contribution in [1.29, 1.82) is 0 Å². The maximum atomic E-state index is 12.6. The minimum atomic E-state index is -0.920. The molecule has 0 aromatic rings. The van der Waals surface area contributed by atoms with Gasteiger partial charge >= 0.3 is 12.0 Å². The Morgan fingerprint density at radius 1 is 1.25 bits per heavy atom. The molecule has 1 aliphatic carbocycles. The Morgan fingerprint density at radius 3 is 2.50 bits per heavy atom. The molecule has 3 unspecified atom stereocenters. The first-order chi connectivity index (χ1) is 11.2. The van der Waals surface area contributed by atoms with Gasteiger partial charge in [0.25, 0.3) is 5.91 Å². The van der Waals surface area contributed by atoms with Crippen molar-refractivity contribution in [3.8, 4) is 0 Å². The van der Waals surface area contributed by atoms with E-state index in [2.05, 4.69) is 5.32 Å². The van der Waals surface area contributed by atoms with E-state index in [0.717, 1.165) is 17.7 Å². The lowest BCUT2D eigenvalue weighted by molar-refractivity contribution is -0.148. The molecule has 0 bridgehead atoms. The molecule has 132 valence electrons. The minimum Gasteiger partial charge on any atom is -0.481 e. The number of rotatable bonds is 4. The van der Waals surface area contributed by atoms with Crippen LogP contribution in [0.5, 0.6) is 0 Å². The van der Waals surface area contributed by atoms with Crippen molar-refractivity contribution in [2.75, 3.05) is 13.1 Å². The van der Waals surface area contributed by atoms with Crippen molar-refractivity contribution in [3.63, 3.8) is 0 Å². The van der Waals surface area contributed by atoms with E-state index >= 15 is 0 Å². The van der Waals surface area contributed by atoms with Gasteiger partial charge in [-0.1, -0.05) is 0 Å². The first kappa shape index (κ1) is 16.7. The SMILES string of the molecule is CC1CCC(C(=O)O)CN1C(=O)CN1C(=O)NC(C)(C2CC2)C1=O. The Morgan fingerprint density at radius 2 is 1.92 bits per heavy atom. The second-order valence-electron chi connectivity index (χ2n) is 7.31. The monoisotopic (exact) mass is 337 g/mol. The molecule has 3 fully saturated rings. The van der Waals surface area contributed by atoms with Crippen LogP contribution in [-0.2, 0) is 14.4 Å². The highest BCUT2D eigenvalue weighted by atomic mass is 16.4. The molecule has 8 heteroatoms. The van der Waals surface area contributed by atoms with Gasteiger partial charge < -0.3 is 15.3 Å². The van der Waals surface area contributed by atoms with Gasteiger partial charge in [0.2, 0.25) is 5.91 Å². The van der Waals surface area contributed by atoms with Crippen molar-refractivity contribution >= 4 is 23.8 Å². The predicted molar refractivity (Wildman–Crippen MR) is 82.9 cm³/mol. The van der Waals surface area contributed by atoms with Crippen LogP contribution in [0.1, 0.15) is 39.5 Å². The Hall–Kier alpha value is -2.12. The molecule has 8 nitrogen and oxygen atoms in total. The van der Waals surface area contributed by atoms with Crippen LogP contribution in [-0.4, -0.2) is 63.4 Å². The van der Waals surface area contributed by atoms with Gasteiger partial charge in [0.1, 0.15) is 12.1 Å². The van der Waals surface area contributed by atoms with Crippen LogP contribution in [0.25, 0.3) is 0 Å². The molecular formula is C16H23N3O5. The molecule has 0 aromatic carbocycles. The zero-order valence-corrected chi connectivity index (χ0v) is 13.9. The second kappa shape index (κ2) is 5.75. The number of urea groups is 1. The average Bonchev–Trinajstić information content (AvgIpc) is 3.33. The lowest BCUT2D eigenvalue weighted by Gasteiger charge is -2.37. The normalized spacial score (nSPS) is 33.6. The van der Waals surface area contributed by atoms with E-state index in [-0.39, 0.29) is 36.9 Å². The summed E-state index contributed by atoms with van der Waals surface area (Å²) in [7, 11) is 0. The van der Waals surface area contributed by atoms with Crippen LogP contribution in [0.3, 0.4) is 0 Å². The number of aliphatic carboxylic acids is 1. The summed E-state index contributed by atoms with van der Waals surface area (Å²) in [5, 5.41) is 11.9. The molecule has 0 aromatic heterocycles. The molecule has 0 radical (unpaired) electrons. The molecule has 2 N–H and O–H groups in total. The number of carbonyl (C=O) groups excluding carboxylic acids is 3. The third-order valence-electron chi connectivity index (χ3n) is 5.54. The summed E-state index contributed by atoms with van der Waals surface area (Å²) < 4.78 is 0. The van der Waals surface area contributed by atoms with E-state index < -0.39 is 23.5 Å². The Bertz CT molecular complexity index is 603. The summed E-state index contributed by atoms with van der Waals surface area (Å²) in [5.74, 6) is -2.11. The first-order valence-electron chi connectivity index (χ1n) is 8.40. The maximum Gasteiger partial charge on any atom is 0.325 e. The number of piperidine rings is 1. The van der Waals surface area contributed by atoms with Gasteiger partial charge in [-0.25, -0.2) is 4.79 Å². The van der Waals surface area contributed by atoms with Gasteiger partial charge in [0, 0.05) is 12.6 Å². The third-order valence-corrected chi connectivity index (χ3v) is 5.54. The van der Waals surface area contributed by atoms with Gasteiger partial charge in [-0.15, -0.1) is 0 Å². The number of hydrogen-bond acceptors (Lipinski definition) is 4. The standard InChI is InChI=1S/C16H23N3O5/c1-9-3-4-10(13(21)22)7-18(9)12(20)8-19-14(23)16(2,11-5-6-11)17-15(19)24/h9-11H,3-8H2,1-2H3,(H,17,24)(H,21,22). The summed E-state index contributed by atoms with van der Waals surface area (Å²) in [4.78, 5) is 50.9. The predicted octanol–water partition coefficient (Wildman–Crippen LogP) is 0.419. The van der Waals surface area contributed by atoms with Crippen LogP contribution in [0.15, 0.2) is 0 Å². The largest absolute Gasteiger partial charge is 0.481 e. The summed E-state index contributed by atoms with van der Waals surface area (Å²) in [6.45, 7) is 3.36. The zero-order valence-electron chi connectivity index (χ0n) is 13.9. The molecule has 3 atom stereocenters. The summed E-state index contributed by atoms with van der Waals surface area (Å²) in [5.41, 5.74) is -0.908. The van der Waals surface area contributed by atoms with Gasteiger partial charge in [-0.05, 0) is 45.4 Å². The van der Waals surface area contributed by atoms with Crippen molar-refractivity contribution in [2.24, 2.45) is 11.8 Å². The zero-order chi connectivity index (χ0) is 17.6. The quantitative estimate of drug-likeness (QED) is 0.723. The molecule has 3 aliphatic rings. The van der Waals surface area contributed by atoms with E-state index in [0.29, 0.717) is 12.8 Å². The number of carboxylic acids is 1. The Labute approximate surface area is 140 Å². The van der Waals surface area contributed by atoms with Crippen molar-refractivity contribution in [2.45, 2.75) is 51.1 Å². The number of nitrogens with zero attached hydrogens (tertiary/aromatic N) is 2. The topological polar surface area (TPSA) is 107 Å². The van der Waals surface area contributed by atoms with Crippen molar-refractivity contribution in [3.05, 3.63) is 0 Å². The Kier molecular flexibility index (Phi) is 4.01. The lowest BCUT2D eigenvalue weighted by atomic mass is 9.93. The van der Waals surface area contributed by atoms with Gasteiger partial charge in [-0.2, -0.15) is 0 Å². The minimum absolute atomic E-state index is 0.0938. The number of imide groups is 1. The van der Waals surface area contributed by atoms with E-state index in [1.54, 1.807) is 6.92 Å². The second-order valence-corrected chi connectivity index (χ2v) is 7.31. The number of hydrogen-bond donors (Lipinski definition) is 2. The fourth-order valence-corrected chi connectivity index (χ4v) is 3.68. The van der Waals surface area contributed by atoms with E-state index in [1.807, 2.05) is 6.92 Å². The van der Waals surface area contributed by atoms with Crippen LogP contribution >= 0.6 is 0 Å². The van der Waals surface area contributed by atoms with E-state index in [1.165, 1.54) is 4.90 Å². The molecule has 3 rings (SSSR count). The van der Waals surface area contributed by atoms with E-state index in [4.69, 9.17) is 5.11 Å². The summed E-state index contributed by atoms with van der Waals surface area (Å²) in [6, 6.07) is -0.633. The van der Waals surface area contributed by atoms with Crippen LogP contribution < -0.4 is 5.32 Å². The summed E-state index contributed by atoms with van der Waals surface area (Å²) >= 11 is 0. The Balaban J connectivity index is 1.68. The third kappa shape index (κ3) is 2.74. The molecule has 1 saturated carbocycles. The fraction of sp³-hybridized carbons (Fsp3) is 0.750. The smallest absolute Gasteiger partial charge is 0.325 e.